The number of rotatable bonds is 5. The van der Waals surface area contributed by atoms with E-state index < -0.39 is 6.03 Å². The number of amides is 2. The van der Waals surface area contributed by atoms with Gasteiger partial charge in [-0.25, -0.2) is 9.78 Å². The third kappa shape index (κ3) is 3.71. The van der Waals surface area contributed by atoms with E-state index in [1.807, 2.05) is 19.1 Å². The molecular weight excluding hydrogens is 358 g/mol. The van der Waals surface area contributed by atoms with E-state index in [-0.39, 0.29) is 18.5 Å². The predicted molar refractivity (Wildman–Crippen MR) is 98.4 cm³/mol. The second-order valence-electron chi connectivity index (χ2n) is 5.64. The van der Waals surface area contributed by atoms with Crippen LogP contribution >= 0.6 is 11.6 Å². The number of aliphatic hydroxyl groups is 1. The van der Waals surface area contributed by atoms with Crippen molar-refractivity contribution >= 4 is 34.4 Å². The standard InChI is InChI=1S/C17H18ClN5O3/c1-9(10-3-5-11(18)6-4-10)19-17(25)21-14-7-12-15(13(8-24)20-14)16(26-2)23-22-12/h3-7,9,24H,8H2,1-2H3,(H,22,23)(H2,19,20,21,25)/t9-/m1/s1. The summed E-state index contributed by atoms with van der Waals surface area (Å²) in [6, 6.07) is 8.20. The minimum absolute atomic E-state index is 0.222. The zero-order valence-electron chi connectivity index (χ0n) is 14.2. The van der Waals surface area contributed by atoms with Gasteiger partial charge in [-0.2, -0.15) is 0 Å². The Morgan fingerprint density at radius 1 is 1.38 bits per heavy atom. The molecule has 4 N–H and O–H groups in total. The number of benzene rings is 1. The van der Waals surface area contributed by atoms with E-state index in [0.29, 0.717) is 27.5 Å². The van der Waals surface area contributed by atoms with Gasteiger partial charge in [0.1, 0.15) is 5.82 Å². The molecule has 0 fully saturated rings. The van der Waals surface area contributed by atoms with Crippen LogP contribution in [0, 0.1) is 0 Å². The number of anilines is 1. The van der Waals surface area contributed by atoms with Crippen LogP contribution in [-0.4, -0.2) is 33.4 Å². The number of H-pyrrole nitrogens is 1. The fourth-order valence-corrected chi connectivity index (χ4v) is 2.73. The van der Waals surface area contributed by atoms with Gasteiger partial charge < -0.3 is 15.2 Å². The van der Waals surface area contributed by atoms with Crippen LogP contribution in [0.15, 0.2) is 30.3 Å². The molecule has 0 radical (unpaired) electrons. The Labute approximate surface area is 154 Å². The van der Waals surface area contributed by atoms with Gasteiger partial charge >= 0.3 is 6.03 Å². The highest BCUT2D eigenvalue weighted by molar-refractivity contribution is 6.30. The van der Waals surface area contributed by atoms with E-state index in [9.17, 15) is 9.90 Å². The Kier molecular flexibility index (Phi) is 5.24. The minimum atomic E-state index is -0.422. The zero-order chi connectivity index (χ0) is 18.7. The maximum Gasteiger partial charge on any atom is 0.320 e. The molecule has 3 rings (SSSR count). The molecule has 0 aliphatic carbocycles. The molecule has 0 bridgehead atoms. The quantitative estimate of drug-likeness (QED) is 0.547. The molecule has 0 spiro atoms. The summed E-state index contributed by atoms with van der Waals surface area (Å²) in [5.41, 5.74) is 1.87. The smallest absolute Gasteiger partial charge is 0.320 e. The maximum absolute atomic E-state index is 12.3. The first kappa shape index (κ1) is 18.0. The average Bonchev–Trinajstić information content (AvgIpc) is 3.04. The van der Waals surface area contributed by atoms with Gasteiger partial charge in [0, 0.05) is 11.1 Å². The number of hydrogen-bond acceptors (Lipinski definition) is 5. The van der Waals surface area contributed by atoms with Crippen LogP contribution in [0.5, 0.6) is 5.88 Å². The van der Waals surface area contributed by atoms with Crippen LogP contribution in [0.4, 0.5) is 10.6 Å². The average molecular weight is 376 g/mol. The highest BCUT2D eigenvalue weighted by Gasteiger charge is 2.16. The molecule has 0 unspecified atom stereocenters. The molecule has 2 amide bonds. The number of nitrogens with one attached hydrogen (secondary N) is 3. The summed E-state index contributed by atoms with van der Waals surface area (Å²) in [5, 5.41) is 23.0. The van der Waals surface area contributed by atoms with Crippen LogP contribution in [-0.2, 0) is 6.61 Å². The highest BCUT2D eigenvalue weighted by atomic mass is 35.5. The Morgan fingerprint density at radius 3 is 2.77 bits per heavy atom. The molecule has 9 heteroatoms. The molecule has 0 aliphatic rings. The molecule has 26 heavy (non-hydrogen) atoms. The number of fused-ring (bicyclic) bond motifs is 1. The lowest BCUT2D eigenvalue weighted by molar-refractivity contribution is 0.249. The monoisotopic (exact) mass is 375 g/mol. The van der Waals surface area contributed by atoms with Gasteiger partial charge in [-0.1, -0.05) is 23.7 Å². The third-order valence-corrected chi connectivity index (χ3v) is 4.14. The first-order chi connectivity index (χ1) is 12.5. The number of aromatic amines is 1. The second-order valence-corrected chi connectivity index (χ2v) is 6.08. The Bertz CT molecular complexity index is 926. The van der Waals surface area contributed by atoms with Crippen LogP contribution in [0.2, 0.25) is 5.02 Å². The van der Waals surface area contributed by atoms with Gasteiger partial charge in [-0.15, -0.1) is 5.10 Å². The summed E-state index contributed by atoms with van der Waals surface area (Å²) >= 11 is 5.87. The number of aliphatic hydroxyl groups excluding tert-OH is 1. The molecule has 3 aromatic rings. The molecule has 1 atom stereocenters. The van der Waals surface area contributed by atoms with Crippen molar-refractivity contribution in [3.63, 3.8) is 0 Å². The van der Waals surface area contributed by atoms with E-state index in [1.165, 1.54) is 7.11 Å². The number of urea groups is 1. The zero-order valence-corrected chi connectivity index (χ0v) is 15.0. The van der Waals surface area contributed by atoms with E-state index in [0.717, 1.165) is 5.56 Å². The lowest BCUT2D eigenvalue weighted by atomic mass is 10.1. The van der Waals surface area contributed by atoms with Crippen LogP contribution in [0.1, 0.15) is 24.2 Å². The van der Waals surface area contributed by atoms with Crippen molar-refractivity contribution in [2.45, 2.75) is 19.6 Å². The Hall–Kier alpha value is -2.84. The number of pyridine rings is 1. The lowest BCUT2D eigenvalue weighted by Gasteiger charge is -2.15. The van der Waals surface area contributed by atoms with Gasteiger partial charge in [0.25, 0.3) is 0 Å². The summed E-state index contributed by atoms with van der Waals surface area (Å²) in [6.07, 6.45) is 0. The van der Waals surface area contributed by atoms with Crippen LogP contribution < -0.4 is 15.4 Å². The van der Waals surface area contributed by atoms with Crippen molar-refractivity contribution < 1.29 is 14.6 Å². The van der Waals surface area contributed by atoms with Gasteiger partial charge in [0.2, 0.25) is 5.88 Å². The molecule has 8 nitrogen and oxygen atoms in total. The van der Waals surface area contributed by atoms with Gasteiger partial charge in [0.05, 0.1) is 36.4 Å². The van der Waals surface area contributed by atoms with E-state index in [4.69, 9.17) is 16.3 Å². The fraction of sp³-hybridized carbons (Fsp3) is 0.235. The summed E-state index contributed by atoms with van der Waals surface area (Å²) < 4.78 is 5.14. The molecule has 0 saturated carbocycles. The van der Waals surface area contributed by atoms with Crippen molar-refractivity contribution in [1.82, 2.24) is 20.5 Å². The molecule has 2 aromatic heterocycles. The number of carbonyl (C=O) groups is 1. The molecule has 0 aliphatic heterocycles. The van der Waals surface area contributed by atoms with Crippen LogP contribution in [0.25, 0.3) is 10.9 Å². The van der Waals surface area contributed by atoms with Gasteiger partial charge in [-0.05, 0) is 24.6 Å². The topological polar surface area (TPSA) is 112 Å². The number of halogens is 1. The number of aromatic nitrogens is 3. The lowest BCUT2D eigenvalue weighted by Crippen LogP contribution is -2.31. The largest absolute Gasteiger partial charge is 0.479 e. The van der Waals surface area contributed by atoms with Gasteiger partial charge in [-0.3, -0.25) is 10.4 Å². The Morgan fingerprint density at radius 2 is 2.12 bits per heavy atom. The predicted octanol–water partition coefficient (Wildman–Crippen LogP) is 2.99. The Balaban J connectivity index is 1.75. The van der Waals surface area contributed by atoms with E-state index in [2.05, 4.69) is 25.8 Å². The number of ether oxygens (including phenoxy) is 1. The van der Waals surface area contributed by atoms with Gasteiger partial charge in [0.15, 0.2) is 0 Å². The third-order valence-electron chi connectivity index (χ3n) is 3.89. The number of methoxy groups -OCH3 is 1. The molecule has 2 heterocycles. The highest BCUT2D eigenvalue weighted by Crippen LogP contribution is 2.27. The number of hydrogen-bond donors (Lipinski definition) is 4. The summed E-state index contributed by atoms with van der Waals surface area (Å²) in [7, 11) is 1.48. The van der Waals surface area contributed by atoms with E-state index >= 15 is 0 Å². The minimum Gasteiger partial charge on any atom is -0.479 e. The van der Waals surface area contributed by atoms with E-state index in [1.54, 1.807) is 18.2 Å². The summed E-state index contributed by atoms with van der Waals surface area (Å²) in [5.74, 6) is 0.623. The van der Waals surface area contributed by atoms with Crippen molar-refractivity contribution in [1.29, 1.82) is 0 Å². The molecule has 0 saturated heterocycles. The first-order valence-corrected chi connectivity index (χ1v) is 8.25. The van der Waals surface area contributed by atoms with Crippen molar-refractivity contribution in [2.24, 2.45) is 0 Å². The maximum atomic E-state index is 12.3. The second kappa shape index (κ2) is 7.59. The summed E-state index contributed by atoms with van der Waals surface area (Å²) in [4.78, 5) is 16.5. The summed E-state index contributed by atoms with van der Waals surface area (Å²) in [6.45, 7) is 1.54. The number of nitrogens with zero attached hydrogens (tertiary/aromatic N) is 2. The first-order valence-electron chi connectivity index (χ1n) is 7.87. The molecule has 136 valence electrons. The van der Waals surface area contributed by atoms with Crippen molar-refractivity contribution in [3.8, 4) is 5.88 Å². The van der Waals surface area contributed by atoms with Crippen molar-refractivity contribution in [2.75, 3.05) is 12.4 Å². The van der Waals surface area contributed by atoms with Crippen molar-refractivity contribution in [3.05, 3.63) is 46.6 Å². The molecular formula is C17H18ClN5O3. The SMILES string of the molecule is COc1n[nH]c2cc(NC(=O)N[C@H](C)c3ccc(Cl)cc3)nc(CO)c12. The number of carbonyl (C=O) groups excluding carboxylic acids is 1. The molecule has 1 aromatic carbocycles. The fourth-order valence-electron chi connectivity index (χ4n) is 2.60. The van der Waals surface area contributed by atoms with Crippen LogP contribution in [0.3, 0.4) is 0 Å². The normalized spacial score (nSPS) is 12.0.